The fraction of sp³-hybridized carbons (Fsp3) is 0.286. The standard InChI is InChI=1S/C14H18N4O5/c1-2-7-16-14(22)18-11(19)8-23-12(20)9-3-5-10(6-4-9)17-13(15)21/h3-6H,2,7-8H2,1H3,(H3,15,17,21)(H2,16,18,19,22). The molecule has 0 bridgehead atoms. The number of carbonyl (C=O) groups excluding carboxylic acids is 4. The van der Waals surface area contributed by atoms with Crippen LogP contribution in [-0.4, -0.2) is 37.1 Å². The molecule has 0 radical (unpaired) electrons. The van der Waals surface area contributed by atoms with E-state index in [1.54, 1.807) is 0 Å². The highest BCUT2D eigenvalue weighted by molar-refractivity contribution is 5.97. The van der Waals surface area contributed by atoms with E-state index >= 15 is 0 Å². The number of nitrogens with two attached hydrogens (primary N) is 1. The van der Waals surface area contributed by atoms with Gasteiger partial charge in [0, 0.05) is 12.2 Å². The van der Waals surface area contributed by atoms with E-state index in [2.05, 4.69) is 10.6 Å². The zero-order chi connectivity index (χ0) is 17.2. The van der Waals surface area contributed by atoms with E-state index in [1.807, 2.05) is 12.2 Å². The van der Waals surface area contributed by atoms with Crippen LogP contribution in [0.4, 0.5) is 15.3 Å². The van der Waals surface area contributed by atoms with Crippen molar-refractivity contribution in [2.24, 2.45) is 5.73 Å². The number of primary amides is 1. The molecule has 1 aromatic rings. The number of imide groups is 1. The molecule has 0 heterocycles. The number of esters is 1. The van der Waals surface area contributed by atoms with Gasteiger partial charge < -0.3 is 21.1 Å². The first-order chi connectivity index (χ1) is 10.9. The van der Waals surface area contributed by atoms with Crippen LogP contribution in [0.15, 0.2) is 24.3 Å². The van der Waals surface area contributed by atoms with E-state index in [1.165, 1.54) is 24.3 Å². The number of hydrogen-bond acceptors (Lipinski definition) is 5. The van der Waals surface area contributed by atoms with Gasteiger partial charge in [0.25, 0.3) is 5.91 Å². The molecule has 1 rings (SSSR count). The summed E-state index contributed by atoms with van der Waals surface area (Å²) in [5.74, 6) is -1.47. The molecule has 0 saturated heterocycles. The Labute approximate surface area is 132 Å². The van der Waals surface area contributed by atoms with Crippen LogP contribution in [0.1, 0.15) is 23.7 Å². The number of anilines is 1. The fourth-order valence-electron chi connectivity index (χ4n) is 1.49. The number of hydrogen-bond donors (Lipinski definition) is 4. The molecule has 0 spiro atoms. The molecule has 0 aliphatic heterocycles. The quantitative estimate of drug-likeness (QED) is 0.567. The monoisotopic (exact) mass is 322 g/mol. The van der Waals surface area contributed by atoms with Gasteiger partial charge in [-0.3, -0.25) is 10.1 Å². The van der Waals surface area contributed by atoms with Crippen molar-refractivity contribution in [1.82, 2.24) is 10.6 Å². The van der Waals surface area contributed by atoms with Gasteiger partial charge in [-0.15, -0.1) is 0 Å². The van der Waals surface area contributed by atoms with Crippen LogP contribution in [0, 0.1) is 0 Å². The molecule has 1 aromatic carbocycles. The number of nitrogens with one attached hydrogen (secondary N) is 3. The Morgan fingerprint density at radius 3 is 2.35 bits per heavy atom. The third-order valence-electron chi connectivity index (χ3n) is 2.51. The zero-order valence-corrected chi connectivity index (χ0v) is 12.5. The average molecular weight is 322 g/mol. The Morgan fingerprint density at radius 1 is 1.13 bits per heavy atom. The van der Waals surface area contributed by atoms with Crippen LogP contribution in [0.5, 0.6) is 0 Å². The molecule has 0 unspecified atom stereocenters. The fourth-order valence-corrected chi connectivity index (χ4v) is 1.49. The molecular formula is C14H18N4O5. The van der Waals surface area contributed by atoms with Crippen molar-refractivity contribution in [3.63, 3.8) is 0 Å². The van der Waals surface area contributed by atoms with Gasteiger partial charge in [0.2, 0.25) is 0 Å². The zero-order valence-electron chi connectivity index (χ0n) is 12.5. The third kappa shape index (κ3) is 6.93. The molecule has 9 heteroatoms. The lowest BCUT2D eigenvalue weighted by molar-refractivity contribution is -0.123. The maximum absolute atomic E-state index is 11.7. The van der Waals surface area contributed by atoms with Crippen LogP contribution >= 0.6 is 0 Å². The maximum atomic E-state index is 11.7. The number of amides is 5. The molecule has 124 valence electrons. The summed E-state index contributed by atoms with van der Waals surface area (Å²) in [6, 6.07) is 4.35. The number of rotatable bonds is 6. The summed E-state index contributed by atoms with van der Waals surface area (Å²) in [5.41, 5.74) is 5.55. The molecule has 0 aliphatic carbocycles. The molecule has 0 aromatic heterocycles. The second kappa shape index (κ2) is 9.03. The molecule has 0 fully saturated rings. The van der Waals surface area contributed by atoms with Crippen molar-refractivity contribution in [2.45, 2.75) is 13.3 Å². The smallest absolute Gasteiger partial charge is 0.338 e. The Hall–Kier alpha value is -3.10. The topological polar surface area (TPSA) is 140 Å². The normalized spacial score (nSPS) is 9.61. The Bertz CT molecular complexity index is 585. The van der Waals surface area contributed by atoms with Gasteiger partial charge >= 0.3 is 18.0 Å². The van der Waals surface area contributed by atoms with Crippen LogP contribution in [0.3, 0.4) is 0 Å². The van der Waals surface area contributed by atoms with Crippen molar-refractivity contribution in [2.75, 3.05) is 18.5 Å². The molecule has 0 aliphatic rings. The van der Waals surface area contributed by atoms with Gasteiger partial charge in [-0.25, -0.2) is 14.4 Å². The first-order valence-corrected chi connectivity index (χ1v) is 6.83. The van der Waals surface area contributed by atoms with Crippen molar-refractivity contribution in [3.05, 3.63) is 29.8 Å². The Morgan fingerprint density at radius 2 is 1.78 bits per heavy atom. The van der Waals surface area contributed by atoms with Gasteiger partial charge in [-0.2, -0.15) is 0 Å². The van der Waals surface area contributed by atoms with Gasteiger partial charge in [-0.05, 0) is 30.7 Å². The van der Waals surface area contributed by atoms with E-state index in [-0.39, 0.29) is 5.56 Å². The summed E-state index contributed by atoms with van der Waals surface area (Å²) in [6.07, 6.45) is 0.733. The third-order valence-corrected chi connectivity index (χ3v) is 2.51. The molecule has 0 atom stereocenters. The summed E-state index contributed by atoms with van der Waals surface area (Å²) in [5, 5.41) is 6.81. The number of carbonyl (C=O) groups is 4. The highest BCUT2D eigenvalue weighted by Gasteiger charge is 2.12. The number of ether oxygens (including phenoxy) is 1. The molecule has 0 saturated carbocycles. The average Bonchev–Trinajstić information content (AvgIpc) is 2.50. The molecule has 5 N–H and O–H groups in total. The predicted octanol–water partition coefficient (Wildman–Crippen LogP) is 0.570. The van der Waals surface area contributed by atoms with Crippen LogP contribution in [-0.2, 0) is 9.53 Å². The van der Waals surface area contributed by atoms with E-state index in [9.17, 15) is 19.2 Å². The first-order valence-electron chi connectivity index (χ1n) is 6.83. The van der Waals surface area contributed by atoms with Crippen LogP contribution in [0.2, 0.25) is 0 Å². The maximum Gasteiger partial charge on any atom is 0.338 e. The minimum absolute atomic E-state index is 0.184. The van der Waals surface area contributed by atoms with E-state index in [0.29, 0.717) is 12.2 Å². The number of benzene rings is 1. The molecule has 23 heavy (non-hydrogen) atoms. The molecule has 9 nitrogen and oxygen atoms in total. The Kier molecular flexibility index (Phi) is 7.05. The lowest BCUT2D eigenvalue weighted by atomic mass is 10.2. The molecular weight excluding hydrogens is 304 g/mol. The second-order valence-electron chi connectivity index (χ2n) is 4.45. The number of urea groups is 2. The largest absolute Gasteiger partial charge is 0.452 e. The van der Waals surface area contributed by atoms with Crippen molar-refractivity contribution >= 4 is 29.6 Å². The van der Waals surface area contributed by atoms with E-state index in [4.69, 9.17) is 10.5 Å². The van der Waals surface area contributed by atoms with Crippen molar-refractivity contribution in [3.8, 4) is 0 Å². The van der Waals surface area contributed by atoms with E-state index < -0.39 is 30.5 Å². The van der Waals surface area contributed by atoms with Gasteiger partial charge in [0.05, 0.1) is 5.56 Å². The SMILES string of the molecule is CCCNC(=O)NC(=O)COC(=O)c1ccc(NC(N)=O)cc1. The molecule has 5 amide bonds. The summed E-state index contributed by atoms with van der Waals surface area (Å²) in [4.78, 5) is 45.0. The minimum Gasteiger partial charge on any atom is -0.452 e. The van der Waals surface area contributed by atoms with Gasteiger partial charge in [0.1, 0.15) is 0 Å². The summed E-state index contributed by atoms with van der Waals surface area (Å²) in [6.45, 7) is 1.72. The van der Waals surface area contributed by atoms with Crippen molar-refractivity contribution in [1.29, 1.82) is 0 Å². The summed E-state index contributed by atoms with van der Waals surface area (Å²) >= 11 is 0. The summed E-state index contributed by atoms with van der Waals surface area (Å²) < 4.78 is 4.77. The lowest BCUT2D eigenvalue weighted by Gasteiger charge is -2.07. The van der Waals surface area contributed by atoms with Gasteiger partial charge in [-0.1, -0.05) is 6.92 Å². The van der Waals surface area contributed by atoms with E-state index in [0.717, 1.165) is 6.42 Å². The van der Waals surface area contributed by atoms with Crippen LogP contribution in [0.25, 0.3) is 0 Å². The highest BCUT2D eigenvalue weighted by atomic mass is 16.5. The second-order valence-corrected chi connectivity index (χ2v) is 4.45. The highest BCUT2D eigenvalue weighted by Crippen LogP contribution is 2.10. The van der Waals surface area contributed by atoms with Crippen LogP contribution < -0.4 is 21.7 Å². The Balaban J connectivity index is 2.42. The minimum atomic E-state index is -0.737. The van der Waals surface area contributed by atoms with Gasteiger partial charge in [0.15, 0.2) is 6.61 Å². The summed E-state index contributed by atoms with van der Waals surface area (Å²) in [7, 11) is 0. The predicted molar refractivity (Wildman–Crippen MR) is 81.8 cm³/mol. The first kappa shape index (κ1) is 18.0. The van der Waals surface area contributed by atoms with Crippen molar-refractivity contribution < 1.29 is 23.9 Å². The lowest BCUT2D eigenvalue weighted by Crippen LogP contribution is -2.41.